The van der Waals surface area contributed by atoms with Gasteiger partial charge in [-0.05, 0) is 18.6 Å². The Bertz CT molecular complexity index is 447. The van der Waals surface area contributed by atoms with Crippen molar-refractivity contribution in [2.45, 2.75) is 19.4 Å². The maximum absolute atomic E-state index is 12.0. The van der Waals surface area contributed by atoms with Crippen molar-refractivity contribution in [3.8, 4) is 0 Å². The molecule has 1 aromatic rings. The van der Waals surface area contributed by atoms with Crippen molar-refractivity contribution >= 4 is 17.5 Å². The molecule has 0 aliphatic carbocycles. The zero-order valence-corrected chi connectivity index (χ0v) is 12.5. The Kier molecular flexibility index (Phi) is 5.83. The van der Waals surface area contributed by atoms with Gasteiger partial charge in [-0.2, -0.15) is 0 Å². The highest BCUT2D eigenvalue weighted by atomic mass is 35.5. The monoisotopic (exact) mass is 296 g/mol. The van der Waals surface area contributed by atoms with Gasteiger partial charge >= 0.3 is 0 Å². The lowest BCUT2D eigenvalue weighted by atomic mass is 10.1. The molecular formula is C15H21ClN2O2. The maximum Gasteiger partial charge on any atom is 0.224 e. The number of ether oxygens (including phenoxy) is 1. The van der Waals surface area contributed by atoms with Crippen molar-refractivity contribution < 1.29 is 9.53 Å². The van der Waals surface area contributed by atoms with Gasteiger partial charge in [-0.25, -0.2) is 0 Å². The molecule has 1 saturated heterocycles. The van der Waals surface area contributed by atoms with Gasteiger partial charge in [0.05, 0.1) is 13.2 Å². The van der Waals surface area contributed by atoms with E-state index >= 15 is 0 Å². The van der Waals surface area contributed by atoms with E-state index in [0.29, 0.717) is 39.3 Å². The molecule has 0 bridgehead atoms. The van der Waals surface area contributed by atoms with Crippen molar-refractivity contribution in [3.63, 3.8) is 0 Å². The third-order valence-corrected chi connectivity index (χ3v) is 3.87. The molecular weight excluding hydrogens is 276 g/mol. The highest BCUT2D eigenvalue weighted by Gasteiger charge is 2.16. The topological polar surface area (TPSA) is 41.6 Å². The van der Waals surface area contributed by atoms with Gasteiger partial charge in [0.25, 0.3) is 0 Å². The Morgan fingerprint density at radius 1 is 1.40 bits per heavy atom. The smallest absolute Gasteiger partial charge is 0.224 e. The number of benzene rings is 1. The largest absolute Gasteiger partial charge is 0.378 e. The minimum Gasteiger partial charge on any atom is -0.378 e. The van der Waals surface area contributed by atoms with Crippen molar-refractivity contribution in [1.82, 2.24) is 10.2 Å². The number of halogens is 1. The number of hydrogen-bond donors (Lipinski definition) is 1. The second-order valence-electron chi connectivity index (χ2n) is 4.94. The quantitative estimate of drug-likeness (QED) is 0.906. The van der Waals surface area contributed by atoms with Crippen LogP contribution in [0.3, 0.4) is 0 Å². The summed E-state index contributed by atoms with van der Waals surface area (Å²) in [6.45, 7) is 5.42. The fraction of sp³-hybridized carbons (Fsp3) is 0.533. The molecule has 1 fully saturated rings. The average molecular weight is 297 g/mol. The molecule has 20 heavy (non-hydrogen) atoms. The molecule has 0 radical (unpaired) electrons. The highest BCUT2D eigenvalue weighted by molar-refractivity contribution is 6.31. The van der Waals surface area contributed by atoms with Crippen LogP contribution in [-0.4, -0.2) is 43.7 Å². The zero-order valence-electron chi connectivity index (χ0n) is 11.8. The van der Waals surface area contributed by atoms with Crippen LogP contribution in [0.5, 0.6) is 0 Å². The number of rotatable bonds is 5. The Morgan fingerprint density at radius 2 is 2.10 bits per heavy atom. The zero-order chi connectivity index (χ0) is 14.4. The maximum atomic E-state index is 12.0. The SMILES string of the molecule is CC(NCCC(=O)N1CCOCC1)c1ccccc1Cl. The van der Waals surface area contributed by atoms with Crippen molar-refractivity contribution in [3.05, 3.63) is 34.9 Å². The van der Waals surface area contributed by atoms with Gasteiger partial charge in [-0.3, -0.25) is 4.79 Å². The van der Waals surface area contributed by atoms with Gasteiger partial charge < -0.3 is 15.0 Å². The van der Waals surface area contributed by atoms with E-state index in [-0.39, 0.29) is 11.9 Å². The molecule has 1 aliphatic heterocycles. The normalized spacial score (nSPS) is 17.0. The number of carbonyl (C=O) groups excluding carboxylic acids is 1. The Hall–Kier alpha value is -1.10. The van der Waals surface area contributed by atoms with Crippen LogP contribution in [0.4, 0.5) is 0 Å². The molecule has 1 atom stereocenters. The van der Waals surface area contributed by atoms with Crippen LogP contribution in [0.25, 0.3) is 0 Å². The summed E-state index contributed by atoms with van der Waals surface area (Å²) in [7, 11) is 0. The van der Waals surface area contributed by atoms with E-state index in [9.17, 15) is 4.79 Å². The van der Waals surface area contributed by atoms with Crippen LogP contribution < -0.4 is 5.32 Å². The van der Waals surface area contributed by atoms with Gasteiger partial charge in [0, 0.05) is 37.1 Å². The lowest BCUT2D eigenvalue weighted by molar-refractivity contribution is -0.135. The van der Waals surface area contributed by atoms with Crippen LogP contribution in [0.2, 0.25) is 5.02 Å². The first-order chi connectivity index (χ1) is 9.68. The third-order valence-electron chi connectivity index (χ3n) is 3.52. The summed E-state index contributed by atoms with van der Waals surface area (Å²) in [5.41, 5.74) is 1.06. The lowest BCUT2D eigenvalue weighted by Gasteiger charge is -2.27. The predicted octanol–water partition coefficient (Wildman–Crippen LogP) is 2.24. The van der Waals surface area contributed by atoms with Gasteiger partial charge in [0.2, 0.25) is 5.91 Å². The first-order valence-electron chi connectivity index (χ1n) is 7.02. The van der Waals surface area contributed by atoms with Gasteiger partial charge in [-0.15, -0.1) is 0 Å². The Balaban J connectivity index is 1.75. The summed E-state index contributed by atoms with van der Waals surface area (Å²) in [5.74, 6) is 0.187. The summed E-state index contributed by atoms with van der Waals surface area (Å²) in [4.78, 5) is 13.9. The standard InChI is InChI=1S/C15H21ClN2O2/c1-12(13-4-2-3-5-14(13)16)17-7-6-15(19)18-8-10-20-11-9-18/h2-5,12,17H,6-11H2,1H3. The molecule has 1 aromatic carbocycles. The molecule has 0 spiro atoms. The third kappa shape index (κ3) is 4.20. The van der Waals surface area contributed by atoms with Crippen LogP contribution in [0.15, 0.2) is 24.3 Å². The van der Waals surface area contributed by atoms with E-state index in [1.165, 1.54) is 0 Å². The number of morpholine rings is 1. The average Bonchev–Trinajstić information content (AvgIpc) is 2.48. The van der Waals surface area contributed by atoms with Gasteiger partial charge in [0.15, 0.2) is 0 Å². The Labute approximate surface area is 125 Å². The molecule has 0 saturated carbocycles. The van der Waals surface area contributed by atoms with E-state index in [4.69, 9.17) is 16.3 Å². The molecule has 1 unspecified atom stereocenters. The molecule has 0 aromatic heterocycles. The van der Waals surface area contributed by atoms with Crippen molar-refractivity contribution in [2.75, 3.05) is 32.8 Å². The molecule has 110 valence electrons. The van der Waals surface area contributed by atoms with Crippen molar-refractivity contribution in [1.29, 1.82) is 0 Å². The molecule has 5 heteroatoms. The first kappa shape index (κ1) is 15.3. The lowest BCUT2D eigenvalue weighted by Crippen LogP contribution is -2.41. The molecule has 1 heterocycles. The molecule has 1 amide bonds. The minimum atomic E-state index is 0.140. The minimum absolute atomic E-state index is 0.140. The summed E-state index contributed by atoms with van der Waals surface area (Å²) in [6.07, 6.45) is 0.509. The molecule has 1 aliphatic rings. The van der Waals surface area contributed by atoms with E-state index < -0.39 is 0 Å². The summed E-state index contributed by atoms with van der Waals surface area (Å²) in [5, 5.41) is 4.10. The first-order valence-corrected chi connectivity index (χ1v) is 7.39. The van der Waals surface area contributed by atoms with E-state index in [1.807, 2.05) is 29.2 Å². The second kappa shape index (κ2) is 7.62. The van der Waals surface area contributed by atoms with E-state index in [2.05, 4.69) is 12.2 Å². The Morgan fingerprint density at radius 3 is 2.80 bits per heavy atom. The van der Waals surface area contributed by atoms with E-state index in [1.54, 1.807) is 0 Å². The number of carbonyl (C=O) groups is 1. The van der Waals surface area contributed by atoms with Gasteiger partial charge in [-0.1, -0.05) is 29.8 Å². The van der Waals surface area contributed by atoms with E-state index in [0.717, 1.165) is 10.6 Å². The van der Waals surface area contributed by atoms with Crippen LogP contribution in [0.1, 0.15) is 24.9 Å². The summed E-state index contributed by atoms with van der Waals surface area (Å²) < 4.78 is 5.24. The number of hydrogen-bond acceptors (Lipinski definition) is 3. The molecule has 4 nitrogen and oxygen atoms in total. The second-order valence-corrected chi connectivity index (χ2v) is 5.35. The predicted molar refractivity (Wildman–Crippen MR) is 79.9 cm³/mol. The fourth-order valence-electron chi connectivity index (χ4n) is 2.30. The summed E-state index contributed by atoms with van der Waals surface area (Å²) >= 11 is 6.15. The number of nitrogens with one attached hydrogen (secondary N) is 1. The fourth-order valence-corrected chi connectivity index (χ4v) is 2.60. The van der Waals surface area contributed by atoms with Crippen molar-refractivity contribution in [2.24, 2.45) is 0 Å². The van der Waals surface area contributed by atoms with Crippen LogP contribution in [0, 0.1) is 0 Å². The summed E-state index contributed by atoms with van der Waals surface area (Å²) in [6, 6.07) is 7.91. The van der Waals surface area contributed by atoms with Crippen LogP contribution in [-0.2, 0) is 9.53 Å². The van der Waals surface area contributed by atoms with Crippen LogP contribution >= 0.6 is 11.6 Å². The number of nitrogens with zero attached hydrogens (tertiary/aromatic N) is 1. The highest BCUT2D eigenvalue weighted by Crippen LogP contribution is 2.21. The number of amides is 1. The molecule has 1 N–H and O–H groups in total. The molecule has 2 rings (SSSR count). The van der Waals surface area contributed by atoms with Gasteiger partial charge in [0.1, 0.15) is 0 Å².